The Hall–Kier alpha value is -3.20. The Labute approximate surface area is 160 Å². The lowest BCUT2D eigenvalue weighted by atomic mass is 9.95. The molecule has 1 atom stereocenters. The number of hydrogen-bond donors (Lipinski definition) is 1. The van der Waals surface area contributed by atoms with Crippen molar-refractivity contribution < 1.29 is 9.59 Å². The third kappa shape index (κ3) is 4.70. The number of amides is 1. The first kappa shape index (κ1) is 18.6. The number of hydrogen-bond acceptors (Lipinski definition) is 2. The lowest BCUT2D eigenvalue weighted by Gasteiger charge is -2.14. The number of carbonyl (C=O) groups excluding carboxylic acids is 2. The van der Waals surface area contributed by atoms with Crippen LogP contribution in [0.1, 0.15) is 45.5 Å². The van der Waals surface area contributed by atoms with Crippen molar-refractivity contribution in [3.8, 4) is 0 Å². The molecule has 0 saturated carbocycles. The molecule has 3 nitrogen and oxygen atoms in total. The van der Waals surface area contributed by atoms with Crippen LogP contribution in [0.2, 0.25) is 0 Å². The molecule has 3 aromatic rings. The van der Waals surface area contributed by atoms with Crippen molar-refractivity contribution in [3.63, 3.8) is 0 Å². The van der Waals surface area contributed by atoms with Gasteiger partial charge in [0.15, 0.2) is 5.78 Å². The molecule has 0 fully saturated rings. The van der Waals surface area contributed by atoms with Crippen LogP contribution in [-0.4, -0.2) is 11.7 Å². The van der Waals surface area contributed by atoms with E-state index in [0.29, 0.717) is 17.7 Å². The molecule has 1 amide bonds. The van der Waals surface area contributed by atoms with Crippen LogP contribution < -0.4 is 5.32 Å². The van der Waals surface area contributed by atoms with Gasteiger partial charge in [-0.3, -0.25) is 9.59 Å². The van der Waals surface area contributed by atoms with Crippen molar-refractivity contribution >= 4 is 11.7 Å². The smallest absolute Gasteiger partial charge is 0.227 e. The van der Waals surface area contributed by atoms with Crippen LogP contribution in [0.4, 0.5) is 0 Å². The first-order chi connectivity index (χ1) is 13.0. The van der Waals surface area contributed by atoms with Crippen molar-refractivity contribution in [2.75, 3.05) is 0 Å². The average Bonchev–Trinajstić information content (AvgIpc) is 2.72. The summed E-state index contributed by atoms with van der Waals surface area (Å²) in [6.07, 6.45) is 0. The molecule has 0 bridgehead atoms. The SMILES string of the molecule is Cc1ccc(CNC(=O)[C@@H](C)c2cccc(C(=O)c3ccccc3)c2)cc1. The molecule has 0 heterocycles. The predicted molar refractivity (Wildman–Crippen MR) is 108 cm³/mol. The molecule has 0 radical (unpaired) electrons. The second-order valence-electron chi connectivity index (χ2n) is 6.75. The molecule has 0 saturated heterocycles. The first-order valence-electron chi connectivity index (χ1n) is 9.07. The molecule has 136 valence electrons. The van der Waals surface area contributed by atoms with Gasteiger partial charge < -0.3 is 5.32 Å². The van der Waals surface area contributed by atoms with Gasteiger partial charge in [-0.1, -0.05) is 78.4 Å². The molecule has 0 aliphatic rings. The molecule has 3 heteroatoms. The van der Waals surface area contributed by atoms with E-state index in [1.54, 1.807) is 18.2 Å². The third-order valence-electron chi connectivity index (χ3n) is 4.67. The highest BCUT2D eigenvalue weighted by molar-refractivity contribution is 6.09. The number of benzene rings is 3. The van der Waals surface area contributed by atoms with Gasteiger partial charge in [-0.15, -0.1) is 0 Å². The fourth-order valence-corrected chi connectivity index (χ4v) is 2.91. The average molecular weight is 357 g/mol. The summed E-state index contributed by atoms with van der Waals surface area (Å²) in [6, 6.07) is 24.6. The van der Waals surface area contributed by atoms with Crippen LogP contribution in [-0.2, 0) is 11.3 Å². The van der Waals surface area contributed by atoms with Crippen molar-refractivity contribution in [2.24, 2.45) is 0 Å². The van der Waals surface area contributed by atoms with Crippen LogP contribution >= 0.6 is 0 Å². The Kier molecular flexibility index (Phi) is 5.82. The third-order valence-corrected chi connectivity index (χ3v) is 4.67. The molecule has 3 aromatic carbocycles. The molecule has 0 aliphatic carbocycles. The Bertz CT molecular complexity index is 930. The minimum absolute atomic E-state index is 0.0373. The molecule has 0 aliphatic heterocycles. The van der Waals surface area contributed by atoms with Crippen molar-refractivity contribution in [3.05, 3.63) is 107 Å². The molecule has 3 rings (SSSR count). The van der Waals surface area contributed by atoms with E-state index in [1.807, 2.05) is 74.5 Å². The van der Waals surface area contributed by atoms with Crippen LogP contribution in [0.25, 0.3) is 0 Å². The van der Waals surface area contributed by atoms with E-state index in [0.717, 1.165) is 11.1 Å². The highest BCUT2D eigenvalue weighted by Gasteiger charge is 2.17. The van der Waals surface area contributed by atoms with Crippen molar-refractivity contribution in [1.29, 1.82) is 0 Å². The van der Waals surface area contributed by atoms with Crippen LogP contribution in [0, 0.1) is 6.92 Å². The second-order valence-corrected chi connectivity index (χ2v) is 6.75. The normalized spacial score (nSPS) is 11.6. The number of rotatable bonds is 6. The summed E-state index contributed by atoms with van der Waals surface area (Å²) in [6.45, 7) is 4.39. The number of ketones is 1. The summed E-state index contributed by atoms with van der Waals surface area (Å²) >= 11 is 0. The van der Waals surface area contributed by atoms with Crippen LogP contribution in [0.15, 0.2) is 78.9 Å². The second kappa shape index (κ2) is 8.45. The van der Waals surface area contributed by atoms with Gasteiger partial charge in [-0.2, -0.15) is 0 Å². The van der Waals surface area contributed by atoms with Crippen LogP contribution in [0.5, 0.6) is 0 Å². The standard InChI is InChI=1S/C24H23NO2/c1-17-11-13-19(14-12-17)16-25-24(27)18(2)21-9-6-10-22(15-21)23(26)20-7-4-3-5-8-20/h3-15,18H,16H2,1-2H3,(H,25,27)/t18-/m0/s1. The Balaban J connectivity index is 1.69. The van der Waals surface area contributed by atoms with E-state index in [4.69, 9.17) is 0 Å². The molecular weight excluding hydrogens is 334 g/mol. The zero-order chi connectivity index (χ0) is 19.2. The van der Waals surface area contributed by atoms with Gasteiger partial charge in [-0.05, 0) is 31.0 Å². The summed E-state index contributed by atoms with van der Waals surface area (Å²) in [5.41, 5.74) is 4.33. The fraction of sp³-hybridized carbons (Fsp3) is 0.167. The summed E-state index contributed by atoms with van der Waals surface area (Å²) in [5.74, 6) is -0.427. The molecular formula is C24H23NO2. The zero-order valence-electron chi connectivity index (χ0n) is 15.6. The minimum Gasteiger partial charge on any atom is -0.352 e. The maximum Gasteiger partial charge on any atom is 0.227 e. The van der Waals surface area contributed by atoms with E-state index in [-0.39, 0.29) is 17.6 Å². The Morgan fingerprint density at radius 2 is 1.52 bits per heavy atom. The minimum atomic E-state index is -0.334. The van der Waals surface area contributed by atoms with E-state index in [1.165, 1.54) is 5.56 Å². The van der Waals surface area contributed by atoms with Gasteiger partial charge in [0, 0.05) is 17.7 Å². The van der Waals surface area contributed by atoms with E-state index in [2.05, 4.69) is 5.32 Å². The maximum absolute atomic E-state index is 12.6. The van der Waals surface area contributed by atoms with E-state index < -0.39 is 0 Å². The highest BCUT2D eigenvalue weighted by atomic mass is 16.1. The van der Waals surface area contributed by atoms with Gasteiger partial charge in [0.2, 0.25) is 5.91 Å². The largest absolute Gasteiger partial charge is 0.352 e. The summed E-state index contributed by atoms with van der Waals surface area (Å²) in [4.78, 5) is 25.2. The number of nitrogens with one attached hydrogen (secondary N) is 1. The Morgan fingerprint density at radius 3 is 2.22 bits per heavy atom. The molecule has 0 spiro atoms. The molecule has 0 unspecified atom stereocenters. The van der Waals surface area contributed by atoms with E-state index >= 15 is 0 Å². The predicted octanol–water partition coefficient (Wildman–Crippen LogP) is 4.65. The van der Waals surface area contributed by atoms with Gasteiger partial charge in [0.05, 0.1) is 5.92 Å². The van der Waals surface area contributed by atoms with Gasteiger partial charge in [0.1, 0.15) is 0 Å². The lowest BCUT2D eigenvalue weighted by molar-refractivity contribution is -0.122. The Morgan fingerprint density at radius 1 is 0.852 bits per heavy atom. The molecule has 1 N–H and O–H groups in total. The topological polar surface area (TPSA) is 46.2 Å². The number of aryl methyl sites for hydroxylation is 1. The van der Waals surface area contributed by atoms with Crippen LogP contribution in [0.3, 0.4) is 0 Å². The van der Waals surface area contributed by atoms with E-state index in [9.17, 15) is 9.59 Å². The van der Waals surface area contributed by atoms with Gasteiger partial charge in [0.25, 0.3) is 0 Å². The summed E-state index contributed by atoms with van der Waals surface area (Å²) < 4.78 is 0. The fourth-order valence-electron chi connectivity index (χ4n) is 2.91. The molecule has 27 heavy (non-hydrogen) atoms. The number of carbonyl (C=O) groups is 2. The van der Waals surface area contributed by atoms with Gasteiger partial charge >= 0.3 is 0 Å². The quantitative estimate of drug-likeness (QED) is 0.653. The molecule has 0 aromatic heterocycles. The van der Waals surface area contributed by atoms with Crippen molar-refractivity contribution in [1.82, 2.24) is 5.32 Å². The summed E-state index contributed by atoms with van der Waals surface area (Å²) in [5, 5.41) is 2.97. The lowest BCUT2D eigenvalue weighted by Crippen LogP contribution is -2.27. The highest BCUT2D eigenvalue weighted by Crippen LogP contribution is 2.19. The summed E-state index contributed by atoms with van der Waals surface area (Å²) in [7, 11) is 0. The maximum atomic E-state index is 12.6. The monoisotopic (exact) mass is 357 g/mol. The van der Waals surface area contributed by atoms with Gasteiger partial charge in [-0.25, -0.2) is 0 Å². The first-order valence-corrected chi connectivity index (χ1v) is 9.07. The van der Waals surface area contributed by atoms with Crippen molar-refractivity contribution in [2.45, 2.75) is 26.3 Å². The zero-order valence-corrected chi connectivity index (χ0v) is 15.6.